The summed E-state index contributed by atoms with van der Waals surface area (Å²) in [6, 6.07) is 5.71. The smallest absolute Gasteiger partial charge is 0.317 e. The minimum Gasteiger partial charge on any atom is -0.480 e. The standard InChI is InChI=1S/C20H24N2O5/c1-12-3-4-17-16(5-12)13(2)19(27-17)20(25)22-7-14-6-21(9-18(23)24)8-15(22)11-26-10-14/h3-5,14-15H,6-11H2,1-2H3,(H,23,24)/t14-,15-/m0/s1. The average Bonchev–Trinajstić information content (AvgIpc) is 2.74. The summed E-state index contributed by atoms with van der Waals surface area (Å²) in [6.45, 7) is 6.52. The summed E-state index contributed by atoms with van der Waals surface area (Å²) in [5.74, 6) is -0.531. The van der Waals surface area contributed by atoms with Crippen molar-refractivity contribution in [2.75, 3.05) is 39.4 Å². The third-order valence-electron chi connectivity index (χ3n) is 5.45. The van der Waals surface area contributed by atoms with E-state index in [1.165, 1.54) is 0 Å². The number of rotatable bonds is 3. The van der Waals surface area contributed by atoms with Crippen molar-refractivity contribution in [3.05, 3.63) is 35.1 Å². The van der Waals surface area contributed by atoms with Gasteiger partial charge in [-0.2, -0.15) is 0 Å². The van der Waals surface area contributed by atoms with Gasteiger partial charge in [0.1, 0.15) is 5.58 Å². The molecule has 0 aliphatic carbocycles. The van der Waals surface area contributed by atoms with E-state index in [0.717, 1.165) is 16.5 Å². The van der Waals surface area contributed by atoms with Gasteiger partial charge in [0.05, 0.1) is 25.8 Å². The number of nitrogens with zero attached hydrogens (tertiary/aromatic N) is 2. The Bertz CT molecular complexity index is 890. The number of hydrogen-bond acceptors (Lipinski definition) is 5. The van der Waals surface area contributed by atoms with Crippen molar-refractivity contribution >= 4 is 22.8 Å². The maximum atomic E-state index is 13.3. The molecular weight excluding hydrogens is 348 g/mol. The maximum Gasteiger partial charge on any atom is 0.317 e. The molecule has 0 saturated carbocycles. The molecular formula is C20H24N2O5. The van der Waals surface area contributed by atoms with Crippen LogP contribution >= 0.6 is 0 Å². The molecule has 1 aromatic heterocycles. The Morgan fingerprint density at radius 3 is 2.78 bits per heavy atom. The first-order valence-corrected chi connectivity index (χ1v) is 9.25. The zero-order chi connectivity index (χ0) is 19.1. The zero-order valence-corrected chi connectivity index (χ0v) is 15.6. The molecule has 7 heteroatoms. The highest BCUT2D eigenvalue weighted by Crippen LogP contribution is 2.29. The van der Waals surface area contributed by atoms with Gasteiger partial charge in [-0.1, -0.05) is 11.6 Å². The van der Waals surface area contributed by atoms with E-state index in [1.54, 1.807) is 0 Å². The van der Waals surface area contributed by atoms with Gasteiger partial charge in [0, 0.05) is 36.5 Å². The van der Waals surface area contributed by atoms with E-state index < -0.39 is 5.97 Å². The predicted molar refractivity (Wildman–Crippen MR) is 98.9 cm³/mol. The van der Waals surface area contributed by atoms with Gasteiger partial charge in [-0.05, 0) is 26.0 Å². The van der Waals surface area contributed by atoms with E-state index in [1.807, 2.05) is 41.8 Å². The van der Waals surface area contributed by atoms with Crippen LogP contribution in [-0.4, -0.2) is 72.2 Å². The Labute approximate surface area is 157 Å². The lowest BCUT2D eigenvalue weighted by molar-refractivity contribution is -0.138. The van der Waals surface area contributed by atoms with Gasteiger partial charge >= 0.3 is 5.97 Å². The minimum atomic E-state index is -0.850. The number of amides is 1. The van der Waals surface area contributed by atoms with Gasteiger partial charge in [-0.25, -0.2) is 0 Å². The molecule has 0 radical (unpaired) electrons. The SMILES string of the molecule is Cc1ccc2oc(C(=O)N3C[C@H]4COC[C@@H]3CN(CC(=O)O)C4)c(C)c2c1. The Morgan fingerprint density at radius 1 is 1.19 bits per heavy atom. The molecule has 144 valence electrons. The number of furan rings is 1. The average molecular weight is 372 g/mol. The van der Waals surface area contributed by atoms with Crippen molar-refractivity contribution in [1.29, 1.82) is 0 Å². The van der Waals surface area contributed by atoms with Crippen LogP contribution in [0.2, 0.25) is 0 Å². The van der Waals surface area contributed by atoms with Crippen LogP contribution in [0.15, 0.2) is 22.6 Å². The third-order valence-corrected chi connectivity index (χ3v) is 5.45. The highest BCUT2D eigenvalue weighted by molar-refractivity contribution is 5.99. The van der Waals surface area contributed by atoms with Crippen LogP contribution in [0.4, 0.5) is 0 Å². The fourth-order valence-corrected chi connectivity index (χ4v) is 4.18. The molecule has 3 heterocycles. The lowest BCUT2D eigenvalue weighted by Gasteiger charge is -2.30. The second kappa shape index (κ2) is 6.98. The molecule has 2 aliphatic rings. The number of hydrogen-bond donors (Lipinski definition) is 1. The van der Waals surface area contributed by atoms with Crippen LogP contribution in [0.5, 0.6) is 0 Å². The van der Waals surface area contributed by atoms with Crippen molar-refractivity contribution in [1.82, 2.24) is 9.80 Å². The Kier molecular flexibility index (Phi) is 4.65. The van der Waals surface area contributed by atoms with Crippen molar-refractivity contribution < 1.29 is 23.8 Å². The summed E-state index contributed by atoms with van der Waals surface area (Å²) < 4.78 is 11.6. The second-order valence-corrected chi connectivity index (χ2v) is 7.66. The van der Waals surface area contributed by atoms with Crippen LogP contribution in [0, 0.1) is 19.8 Å². The third kappa shape index (κ3) is 3.44. The van der Waals surface area contributed by atoms with Gasteiger partial charge in [0.15, 0.2) is 5.76 Å². The molecule has 2 atom stereocenters. The number of ether oxygens (including phenoxy) is 1. The molecule has 2 bridgehead atoms. The Hall–Kier alpha value is -2.38. The van der Waals surface area contributed by atoms with Crippen LogP contribution in [-0.2, 0) is 9.53 Å². The lowest BCUT2D eigenvalue weighted by atomic mass is 10.1. The van der Waals surface area contributed by atoms with Crippen LogP contribution in [0.1, 0.15) is 21.7 Å². The fourth-order valence-electron chi connectivity index (χ4n) is 4.18. The van der Waals surface area contributed by atoms with Crippen molar-refractivity contribution in [2.45, 2.75) is 19.9 Å². The number of carbonyl (C=O) groups is 2. The Morgan fingerprint density at radius 2 is 2.00 bits per heavy atom. The molecule has 1 amide bonds. The van der Waals surface area contributed by atoms with Crippen molar-refractivity contribution in [3.63, 3.8) is 0 Å². The number of aliphatic carboxylic acids is 1. The molecule has 7 nitrogen and oxygen atoms in total. The number of carbonyl (C=O) groups excluding carboxylic acids is 1. The summed E-state index contributed by atoms with van der Waals surface area (Å²) in [6.07, 6.45) is 0. The fraction of sp³-hybridized carbons (Fsp3) is 0.500. The largest absolute Gasteiger partial charge is 0.480 e. The van der Waals surface area contributed by atoms with Crippen molar-refractivity contribution in [3.8, 4) is 0 Å². The normalized spacial score (nSPS) is 23.4. The van der Waals surface area contributed by atoms with Gasteiger partial charge in [-0.15, -0.1) is 0 Å². The topological polar surface area (TPSA) is 83.2 Å². The van der Waals surface area contributed by atoms with E-state index in [2.05, 4.69) is 0 Å². The Balaban J connectivity index is 1.65. The van der Waals surface area contributed by atoms with Crippen LogP contribution in [0.3, 0.4) is 0 Å². The molecule has 1 aromatic carbocycles. The number of fused-ring (bicyclic) bond motifs is 4. The molecule has 2 fully saturated rings. The lowest BCUT2D eigenvalue weighted by Crippen LogP contribution is -2.47. The first-order valence-electron chi connectivity index (χ1n) is 9.25. The van der Waals surface area contributed by atoms with Gasteiger partial charge < -0.3 is 19.2 Å². The number of carboxylic acid groups (broad SMARTS) is 1. The first-order chi connectivity index (χ1) is 12.9. The monoisotopic (exact) mass is 372 g/mol. The van der Waals surface area contributed by atoms with E-state index in [-0.39, 0.29) is 24.4 Å². The summed E-state index contributed by atoms with van der Waals surface area (Å²) >= 11 is 0. The number of aryl methyl sites for hydroxylation is 2. The van der Waals surface area contributed by atoms with E-state index in [4.69, 9.17) is 14.3 Å². The first kappa shape index (κ1) is 18.0. The molecule has 1 N–H and O–H groups in total. The maximum absolute atomic E-state index is 13.3. The molecule has 27 heavy (non-hydrogen) atoms. The molecule has 0 unspecified atom stereocenters. The quantitative estimate of drug-likeness (QED) is 0.886. The van der Waals surface area contributed by atoms with Gasteiger partial charge in [0.25, 0.3) is 5.91 Å². The number of benzene rings is 1. The summed E-state index contributed by atoms with van der Waals surface area (Å²) in [7, 11) is 0. The van der Waals surface area contributed by atoms with Gasteiger partial charge in [-0.3, -0.25) is 14.5 Å². The van der Waals surface area contributed by atoms with E-state index in [0.29, 0.717) is 44.2 Å². The van der Waals surface area contributed by atoms with E-state index in [9.17, 15) is 9.59 Å². The molecule has 0 spiro atoms. The van der Waals surface area contributed by atoms with Crippen molar-refractivity contribution in [2.24, 2.45) is 5.92 Å². The summed E-state index contributed by atoms with van der Waals surface area (Å²) in [5.41, 5.74) is 2.68. The molecule has 2 aromatic rings. The predicted octanol–water partition coefficient (Wildman–Crippen LogP) is 1.91. The number of carboxylic acids is 1. The second-order valence-electron chi connectivity index (χ2n) is 7.66. The molecule has 2 saturated heterocycles. The minimum absolute atomic E-state index is 0.0159. The van der Waals surface area contributed by atoms with Crippen LogP contribution < -0.4 is 0 Å². The summed E-state index contributed by atoms with van der Waals surface area (Å²) in [5, 5.41) is 10.1. The van der Waals surface area contributed by atoms with Gasteiger partial charge in [0.2, 0.25) is 0 Å². The van der Waals surface area contributed by atoms with Crippen LogP contribution in [0.25, 0.3) is 11.0 Å². The summed E-state index contributed by atoms with van der Waals surface area (Å²) in [4.78, 5) is 28.2. The highest BCUT2D eigenvalue weighted by atomic mass is 16.5. The zero-order valence-electron chi connectivity index (χ0n) is 15.6. The molecule has 4 rings (SSSR count). The molecule has 2 aliphatic heterocycles. The highest BCUT2D eigenvalue weighted by Gasteiger charge is 2.38. The van der Waals surface area contributed by atoms with E-state index >= 15 is 0 Å².